The molecule has 1 aliphatic rings. The number of fused-ring (bicyclic) bond motifs is 1. The third kappa shape index (κ3) is 4.29. The number of benzene rings is 2. The normalized spacial score (nSPS) is 12.5. The molecule has 4 rings (SSSR count). The molecule has 0 aliphatic carbocycles. The third-order valence-electron chi connectivity index (χ3n) is 4.95. The van der Waals surface area contributed by atoms with Gasteiger partial charge in [0.1, 0.15) is 0 Å². The summed E-state index contributed by atoms with van der Waals surface area (Å²) in [4.78, 5) is 25.4. The fourth-order valence-electron chi connectivity index (χ4n) is 3.38. The molecular formula is C22H23N5O2. The molecule has 0 saturated heterocycles. The van der Waals surface area contributed by atoms with Crippen LogP contribution in [-0.2, 0) is 31.0 Å². The Kier molecular flexibility index (Phi) is 5.29. The Bertz CT molecular complexity index is 1010. The van der Waals surface area contributed by atoms with E-state index in [1.54, 1.807) is 4.90 Å². The van der Waals surface area contributed by atoms with Gasteiger partial charge < -0.3 is 15.5 Å². The van der Waals surface area contributed by atoms with Crippen molar-refractivity contribution in [3.05, 3.63) is 83.2 Å². The summed E-state index contributed by atoms with van der Waals surface area (Å²) < 4.78 is 1.90. The van der Waals surface area contributed by atoms with Gasteiger partial charge in [-0.2, -0.15) is 5.10 Å². The zero-order valence-electron chi connectivity index (χ0n) is 16.3. The van der Waals surface area contributed by atoms with Crippen LogP contribution in [0.25, 0.3) is 5.69 Å². The summed E-state index contributed by atoms with van der Waals surface area (Å²) in [5.41, 5.74) is 5.16. The van der Waals surface area contributed by atoms with Gasteiger partial charge in [0, 0.05) is 25.6 Å². The molecule has 0 saturated carbocycles. The second-order valence-electron chi connectivity index (χ2n) is 7.10. The number of urea groups is 1. The molecule has 2 aromatic carbocycles. The minimum atomic E-state index is -0.0943. The summed E-state index contributed by atoms with van der Waals surface area (Å²) in [7, 11) is 0. The summed E-state index contributed by atoms with van der Waals surface area (Å²) in [5.74, 6) is -0.0525. The first-order valence-electron chi connectivity index (χ1n) is 9.56. The van der Waals surface area contributed by atoms with Crippen LogP contribution in [0.4, 0.5) is 4.79 Å². The molecule has 1 aromatic heterocycles. The Morgan fingerprint density at radius 1 is 0.931 bits per heavy atom. The zero-order chi connectivity index (χ0) is 20.2. The number of carbonyl (C=O) groups is 2. The first-order chi connectivity index (χ1) is 14.1. The highest BCUT2D eigenvalue weighted by molar-refractivity contribution is 5.75. The van der Waals surface area contributed by atoms with Crippen molar-refractivity contribution in [2.75, 3.05) is 0 Å². The predicted octanol–water partition coefficient (Wildman–Crippen LogP) is 2.73. The Morgan fingerprint density at radius 3 is 2.24 bits per heavy atom. The third-order valence-corrected chi connectivity index (χ3v) is 4.95. The van der Waals surface area contributed by atoms with Crippen LogP contribution in [0.5, 0.6) is 0 Å². The highest BCUT2D eigenvalue weighted by Crippen LogP contribution is 2.25. The van der Waals surface area contributed by atoms with Crippen LogP contribution < -0.4 is 10.6 Å². The van der Waals surface area contributed by atoms with E-state index in [0.717, 1.165) is 28.1 Å². The molecule has 7 nitrogen and oxygen atoms in total. The average Bonchev–Trinajstić information content (AvgIpc) is 3.33. The number of para-hydroxylation sites is 1. The zero-order valence-corrected chi connectivity index (χ0v) is 16.3. The van der Waals surface area contributed by atoms with Crippen LogP contribution in [0.3, 0.4) is 0 Å². The lowest BCUT2D eigenvalue weighted by Crippen LogP contribution is -2.36. The molecule has 3 aromatic rings. The Morgan fingerprint density at radius 2 is 1.59 bits per heavy atom. The topological polar surface area (TPSA) is 79.3 Å². The van der Waals surface area contributed by atoms with E-state index in [2.05, 4.69) is 15.7 Å². The molecule has 0 unspecified atom stereocenters. The highest BCUT2D eigenvalue weighted by Gasteiger charge is 2.27. The molecular weight excluding hydrogens is 366 g/mol. The number of nitrogens with one attached hydrogen (secondary N) is 2. The number of rotatable bonds is 5. The molecule has 3 amide bonds. The molecule has 29 heavy (non-hydrogen) atoms. The maximum absolute atomic E-state index is 12.6. The standard InChI is InChI=1S/C22H23N5O2/c1-16(28)23-11-17-7-9-18(10-8-17)12-24-22(29)26-14-19-13-25-27(21(19)15-26)20-5-3-2-4-6-20/h2-10,13H,11-12,14-15H2,1H3,(H,23,28)(H,24,29). The molecule has 148 valence electrons. The van der Waals surface area contributed by atoms with E-state index < -0.39 is 0 Å². The summed E-state index contributed by atoms with van der Waals surface area (Å²) >= 11 is 0. The molecule has 0 fully saturated rings. The van der Waals surface area contributed by atoms with Crippen molar-refractivity contribution in [1.82, 2.24) is 25.3 Å². The summed E-state index contributed by atoms with van der Waals surface area (Å²) in [6, 6.07) is 17.7. The van der Waals surface area contributed by atoms with Gasteiger partial charge in [0.15, 0.2) is 0 Å². The first-order valence-corrected chi connectivity index (χ1v) is 9.56. The average molecular weight is 389 g/mol. The first kappa shape index (κ1) is 18.7. The van der Waals surface area contributed by atoms with Crippen LogP contribution in [0.1, 0.15) is 29.3 Å². The fraction of sp³-hybridized carbons (Fsp3) is 0.227. The quantitative estimate of drug-likeness (QED) is 0.704. The smallest absolute Gasteiger partial charge is 0.318 e. The van der Waals surface area contributed by atoms with Gasteiger partial charge in [-0.25, -0.2) is 9.48 Å². The van der Waals surface area contributed by atoms with Gasteiger partial charge in [0.05, 0.1) is 30.7 Å². The van der Waals surface area contributed by atoms with Crippen molar-refractivity contribution in [3.63, 3.8) is 0 Å². The van der Waals surface area contributed by atoms with Gasteiger partial charge in [-0.3, -0.25) is 4.79 Å². The van der Waals surface area contributed by atoms with E-state index >= 15 is 0 Å². The number of amides is 3. The van der Waals surface area contributed by atoms with Gasteiger partial charge >= 0.3 is 6.03 Å². The number of nitrogens with zero attached hydrogens (tertiary/aromatic N) is 3. The molecule has 7 heteroatoms. The molecule has 0 radical (unpaired) electrons. The maximum Gasteiger partial charge on any atom is 0.318 e. The monoisotopic (exact) mass is 389 g/mol. The van der Waals surface area contributed by atoms with Crippen molar-refractivity contribution < 1.29 is 9.59 Å². The maximum atomic E-state index is 12.6. The lowest BCUT2D eigenvalue weighted by Gasteiger charge is -2.17. The second-order valence-corrected chi connectivity index (χ2v) is 7.10. The van der Waals surface area contributed by atoms with E-state index in [1.165, 1.54) is 6.92 Å². The van der Waals surface area contributed by atoms with E-state index in [4.69, 9.17) is 0 Å². The largest absolute Gasteiger partial charge is 0.352 e. The van der Waals surface area contributed by atoms with Crippen molar-refractivity contribution in [2.24, 2.45) is 0 Å². The number of carbonyl (C=O) groups excluding carboxylic acids is 2. The summed E-state index contributed by atoms with van der Waals surface area (Å²) in [6.45, 7) is 3.55. The van der Waals surface area contributed by atoms with Crippen molar-refractivity contribution in [1.29, 1.82) is 0 Å². The number of aromatic nitrogens is 2. The van der Waals surface area contributed by atoms with E-state index in [9.17, 15) is 9.59 Å². The summed E-state index contributed by atoms with van der Waals surface area (Å²) in [5, 5.41) is 10.2. The van der Waals surface area contributed by atoms with Gasteiger partial charge in [-0.05, 0) is 23.3 Å². The van der Waals surface area contributed by atoms with Crippen molar-refractivity contribution >= 4 is 11.9 Å². The van der Waals surface area contributed by atoms with Gasteiger partial charge in [-0.15, -0.1) is 0 Å². The van der Waals surface area contributed by atoms with Crippen molar-refractivity contribution in [3.8, 4) is 5.69 Å². The van der Waals surface area contributed by atoms with Crippen molar-refractivity contribution in [2.45, 2.75) is 33.1 Å². The van der Waals surface area contributed by atoms with Crippen LogP contribution >= 0.6 is 0 Å². The Hall–Kier alpha value is -3.61. The molecule has 0 bridgehead atoms. The molecule has 2 heterocycles. The predicted molar refractivity (Wildman–Crippen MR) is 109 cm³/mol. The van der Waals surface area contributed by atoms with Gasteiger partial charge in [-0.1, -0.05) is 42.5 Å². The minimum Gasteiger partial charge on any atom is -0.352 e. The van der Waals surface area contributed by atoms with Crippen LogP contribution in [0.2, 0.25) is 0 Å². The Balaban J connectivity index is 1.33. The number of hydrogen-bond acceptors (Lipinski definition) is 3. The van der Waals surface area contributed by atoms with E-state index in [1.807, 2.05) is 65.5 Å². The minimum absolute atomic E-state index is 0.0525. The second kappa shape index (κ2) is 8.18. The lowest BCUT2D eigenvalue weighted by molar-refractivity contribution is -0.119. The SMILES string of the molecule is CC(=O)NCc1ccc(CNC(=O)N2Cc3cnn(-c4ccccc4)c3C2)cc1. The van der Waals surface area contributed by atoms with Crippen LogP contribution in [0, 0.1) is 0 Å². The summed E-state index contributed by atoms with van der Waals surface area (Å²) in [6.07, 6.45) is 1.84. The van der Waals surface area contributed by atoms with Gasteiger partial charge in [0.25, 0.3) is 0 Å². The van der Waals surface area contributed by atoms with E-state index in [-0.39, 0.29) is 11.9 Å². The molecule has 2 N–H and O–H groups in total. The molecule has 0 atom stereocenters. The fourth-order valence-corrected chi connectivity index (χ4v) is 3.38. The lowest BCUT2D eigenvalue weighted by atomic mass is 10.1. The Labute approximate surface area is 169 Å². The molecule has 0 spiro atoms. The molecule has 1 aliphatic heterocycles. The van der Waals surface area contributed by atoms with E-state index in [0.29, 0.717) is 26.2 Å². The number of hydrogen-bond donors (Lipinski definition) is 2. The van der Waals surface area contributed by atoms with Gasteiger partial charge in [0.2, 0.25) is 5.91 Å². The highest BCUT2D eigenvalue weighted by atomic mass is 16.2. The van der Waals surface area contributed by atoms with Crippen LogP contribution in [-0.4, -0.2) is 26.6 Å². The van der Waals surface area contributed by atoms with Crippen LogP contribution in [0.15, 0.2) is 60.8 Å².